The van der Waals surface area contributed by atoms with E-state index >= 15 is 0 Å². The van der Waals surface area contributed by atoms with Crippen LogP contribution in [0.3, 0.4) is 0 Å². The van der Waals surface area contributed by atoms with Crippen molar-refractivity contribution < 1.29 is 14.7 Å². The summed E-state index contributed by atoms with van der Waals surface area (Å²) in [6.45, 7) is 3.61. The van der Waals surface area contributed by atoms with E-state index in [1.807, 2.05) is 6.92 Å². The molecule has 0 unspecified atom stereocenters. The van der Waals surface area contributed by atoms with Crippen molar-refractivity contribution in [2.75, 3.05) is 5.32 Å². The first-order chi connectivity index (χ1) is 9.36. The van der Waals surface area contributed by atoms with E-state index in [0.29, 0.717) is 17.9 Å². The number of carboxylic acid groups (broad SMARTS) is 1. The summed E-state index contributed by atoms with van der Waals surface area (Å²) in [5.41, 5.74) is 1.03. The summed E-state index contributed by atoms with van der Waals surface area (Å²) in [7, 11) is 0. The third kappa shape index (κ3) is 4.28. The molecule has 1 aromatic carbocycles. The molecular weight excluding hydrogens is 303 g/mol. The van der Waals surface area contributed by atoms with Gasteiger partial charge >= 0.3 is 12.0 Å². The van der Waals surface area contributed by atoms with Crippen molar-refractivity contribution in [3.63, 3.8) is 0 Å². The summed E-state index contributed by atoms with van der Waals surface area (Å²) in [6.07, 6.45) is 0.987. The summed E-state index contributed by atoms with van der Waals surface area (Å²) in [5.74, 6) is -1.08. The molecule has 7 heteroatoms. The second-order valence-corrected chi connectivity index (χ2v) is 5.12. The number of aliphatic carboxylic acids is 1. The fourth-order valence-corrected chi connectivity index (χ4v) is 2.09. The minimum atomic E-state index is -1.08. The van der Waals surface area contributed by atoms with Gasteiger partial charge in [0.25, 0.3) is 0 Å². The average Bonchev–Trinajstić information content (AvgIpc) is 2.38. The maximum Gasteiger partial charge on any atom is 0.326 e. The number of halogens is 2. The first kappa shape index (κ1) is 16.6. The molecule has 110 valence electrons. The molecule has 1 rings (SSSR count). The van der Waals surface area contributed by atoms with Gasteiger partial charge in [0.05, 0.1) is 15.7 Å². The lowest BCUT2D eigenvalue weighted by atomic mass is 10.2. The third-order valence-corrected chi connectivity index (χ3v) is 3.51. The summed E-state index contributed by atoms with van der Waals surface area (Å²) in [6, 6.07) is 1.74. The van der Waals surface area contributed by atoms with Crippen LogP contribution in [0.25, 0.3) is 0 Å². The number of carbonyl (C=O) groups is 2. The summed E-state index contributed by atoms with van der Waals surface area (Å²) in [4.78, 5) is 22.8. The van der Waals surface area contributed by atoms with Gasteiger partial charge in [0.15, 0.2) is 0 Å². The van der Waals surface area contributed by atoms with Gasteiger partial charge < -0.3 is 15.7 Å². The number of rotatable bonds is 5. The Bertz CT molecular complexity index is 521. The summed E-state index contributed by atoms with van der Waals surface area (Å²) in [5, 5.41) is 14.5. The number of benzene rings is 1. The van der Waals surface area contributed by atoms with Crippen molar-refractivity contribution in [1.29, 1.82) is 0 Å². The number of carbonyl (C=O) groups excluding carboxylic acids is 1. The van der Waals surface area contributed by atoms with Crippen molar-refractivity contribution in [3.8, 4) is 0 Å². The Hall–Kier alpha value is -1.46. The normalized spacial score (nSPS) is 11.8. The Morgan fingerprint density at radius 2 is 2.00 bits per heavy atom. The third-order valence-electron chi connectivity index (χ3n) is 2.70. The first-order valence-corrected chi connectivity index (χ1v) is 6.87. The van der Waals surface area contributed by atoms with Gasteiger partial charge in [-0.15, -0.1) is 0 Å². The highest BCUT2D eigenvalue weighted by Gasteiger charge is 2.20. The highest BCUT2D eigenvalue weighted by molar-refractivity contribution is 6.40. The Morgan fingerprint density at radius 3 is 2.55 bits per heavy atom. The predicted molar refractivity (Wildman–Crippen MR) is 79.7 cm³/mol. The molecule has 3 N–H and O–H groups in total. The molecule has 0 saturated carbocycles. The molecule has 0 aromatic heterocycles. The molecule has 0 radical (unpaired) electrons. The highest BCUT2D eigenvalue weighted by Crippen LogP contribution is 2.32. The molecule has 0 heterocycles. The van der Waals surface area contributed by atoms with E-state index in [9.17, 15) is 9.59 Å². The van der Waals surface area contributed by atoms with Gasteiger partial charge in [-0.1, -0.05) is 42.6 Å². The second kappa shape index (κ2) is 7.36. The van der Waals surface area contributed by atoms with Crippen LogP contribution in [0.15, 0.2) is 12.1 Å². The van der Waals surface area contributed by atoms with E-state index < -0.39 is 18.0 Å². The summed E-state index contributed by atoms with van der Waals surface area (Å²) < 4.78 is 0. The molecule has 20 heavy (non-hydrogen) atoms. The van der Waals surface area contributed by atoms with E-state index in [1.54, 1.807) is 19.1 Å². The Kier molecular flexibility index (Phi) is 6.10. The minimum Gasteiger partial charge on any atom is -0.480 e. The van der Waals surface area contributed by atoms with Crippen molar-refractivity contribution in [2.45, 2.75) is 32.7 Å². The number of amides is 2. The minimum absolute atomic E-state index is 0.270. The number of nitrogens with one attached hydrogen (secondary N) is 2. The quantitative estimate of drug-likeness (QED) is 0.775. The Morgan fingerprint density at radius 1 is 1.35 bits per heavy atom. The maximum atomic E-state index is 11.8. The molecule has 2 amide bonds. The molecule has 0 fully saturated rings. The molecule has 0 aliphatic heterocycles. The van der Waals surface area contributed by atoms with E-state index in [1.165, 1.54) is 0 Å². The first-order valence-electron chi connectivity index (χ1n) is 6.11. The Balaban J connectivity index is 2.81. The molecule has 1 atom stereocenters. The molecule has 0 aliphatic carbocycles. The molecule has 1 aromatic rings. The number of carboxylic acids is 1. The van der Waals surface area contributed by atoms with Gasteiger partial charge in [-0.25, -0.2) is 9.59 Å². The molecular formula is C13H16Cl2N2O3. The molecule has 0 bridgehead atoms. The monoisotopic (exact) mass is 318 g/mol. The number of hydrogen-bond acceptors (Lipinski definition) is 2. The average molecular weight is 319 g/mol. The van der Waals surface area contributed by atoms with Gasteiger partial charge in [-0.3, -0.25) is 0 Å². The fourth-order valence-electron chi connectivity index (χ4n) is 1.63. The Labute approximate surface area is 127 Å². The number of aryl methyl sites for hydroxylation is 1. The van der Waals surface area contributed by atoms with Crippen LogP contribution in [0.1, 0.15) is 25.3 Å². The van der Waals surface area contributed by atoms with Gasteiger partial charge in [0.1, 0.15) is 6.04 Å². The lowest BCUT2D eigenvalue weighted by molar-refractivity contribution is -0.139. The van der Waals surface area contributed by atoms with Crippen LogP contribution < -0.4 is 10.6 Å². The van der Waals surface area contributed by atoms with Crippen LogP contribution in [0, 0.1) is 6.92 Å². The van der Waals surface area contributed by atoms with Gasteiger partial charge in [0.2, 0.25) is 0 Å². The van der Waals surface area contributed by atoms with Crippen LogP contribution in [-0.2, 0) is 4.79 Å². The van der Waals surface area contributed by atoms with E-state index in [0.717, 1.165) is 5.56 Å². The standard InChI is InChI=1S/C13H16Cl2N2O3/c1-3-4-9(12(18)19)16-13(20)17-11-8(14)6-5-7(2)10(11)15/h5-6,9H,3-4H2,1-2H3,(H,18,19)(H2,16,17,20)/t9-/m0/s1. The van der Waals surface area contributed by atoms with E-state index in [4.69, 9.17) is 28.3 Å². The van der Waals surface area contributed by atoms with E-state index in [2.05, 4.69) is 10.6 Å². The van der Waals surface area contributed by atoms with Gasteiger partial charge in [-0.2, -0.15) is 0 Å². The zero-order chi connectivity index (χ0) is 15.3. The smallest absolute Gasteiger partial charge is 0.326 e. The second-order valence-electron chi connectivity index (χ2n) is 4.33. The maximum absolute atomic E-state index is 11.8. The summed E-state index contributed by atoms with van der Waals surface area (Å²) >= 11 is 12.0. The molecule has 5 nitrogen and oxygen atoms in total. The molecule has 0 aliphatic rings. The predicted octanol–water partition coefficient (Wildman–Crippen LogP) is 3.68. The lowest BCUT2D eigenvalue weighted by Crippen LogP contribution is -2.43. The van der Waals surface area contributed by atoms with Crippen LogP contribution >= 0.6 is 23.2 Å². The van der Waals surface area contributed by atoms with Crippen LogP contribution in [0.5, 0.6) is 0 Å². The zero-order valence-corrected chi connectivity index (χ0v) is 12.7. The van der Waals surface area contributed by atoms with Crippen molar-refractivity contribution in [1.82, 2.24) is 5.32 Å². The molecule has 0 saturated heterocycles. The lowest BCUT2D eigenvalue weighted by Gasteiger charge is -2.16. The van der Waals surface area contributed by atoms with Crippen molar-refractivity contribution >= 4 is 40.9 Å². The SMILES string of the molecule is CCC[C@H](NC(=O)Nc1c(Cl)ccc(C)c1Cl)C(=O)O. The number of urea groups is 1. The number of anilines is 1. The van der Waals surface area contributed by atoms with Crippen molar-refractivity contribution in [2.24, 2.45) is 0 Å². The van der Waals surface area contributed by atoms with Gasteiger partial charge in [0, 0.05) is 0 Å². The molecule has 0 spiro atoms. The van der Waals surface area contributed by atoms with Crippen LogP contribution in [0.4, 0.5) is 10.5 Å². The number of hydrogen-bond donors (Lipinski definition) is 3. The van der Waals surface area contributed by atoms with Crippen LogP contribution in [-0.4, -0.2) is 23.1 Å². The van der Waals surface area contributed by atoms with Gasteiger partial charge in [-0.05, 0) is 25.0 Å². The van der Waals surface area contributed by atoms with Crippen LogP contribution in [0.2, 0.25) is 10.0 Å². The fraction of sp³-hybridized carbons (Fsp3) is 0.385. The topological polar surface area (TPSA) is 78.4 Å². The zero-order valence-electron chi connectivity index (χ0n) is 11.2. The highest BCUT2D eigenvalue weighted by atomic mass is 35.5. The largest absolute Gasteiger partial charge is 0.480 e. The van der Waals surface area contributed by atoms with E-state index in [-0.39, 0.29) is 10.7 Å². The van der Waals surface area contributed by atoms with Crippen molar-refractivity contribution in [3.05, 3.63) is 27.7 Å².